The van der Waals surface area contributed by atoms with Crippen LogP contribution in [0.3, 0.4) is 0 Å². The maximum atomic E-state index is 11.5. The predicted octanol–water partition coefficient (Wildman–Crippen LogP) is 1.92. The lowest BCUT2D eigenvalue weighted by molar-refractivity contribution is 0.252. The van der Waals surface area contributed by atoms with Crippen LogP contribution in [-0.2, 0) is 4.52 Å². The molecule has 0 amide bonds. The van der Waals surface area contributed by atoms with Gasteiger partial charge in [0.05, 0.1) is 21.1 Å². The highest BCUT2D eigenvalue weighted by atomic mass is 31.0. The molecule has 4 atom stereocenters. The molecule has 0 fully saturated rings. The van der Waals surface area contributed by atoms with Gasteiger partial charge in [-0.1, -0.05) is 15.5 Å². The molecule has 0 bridgehead atoms. The molecule has 3 unspecified atom stereocenters. The summed E-state index contributed by atoms with van der Waals surface area (Å²) >= 11 is 0. The second kappa shape index (κ2) is 6.74. The van der Waals surface area contributed by atoms with E-state index in [1.165, 1.54) is 6.07 Å². The van der Waals surface area contributed by atoms with Crippen LogP contribution in [0, 0.1) is 0 Å². The van der Waals surface area contributed by atoms with Crippen LogP contribution in [0.5, 0.6) is 5.75 Å². The van der Waals surface area contributed by atoms with Crippen molar-refractivity contribution in [1.82, 2.24) is 10.1 Å². The zero-order chi connectivity index (χ0) is 13.8. The monoisotopic (exact) mass is 316 g/mol. The number of benzene rings is 1. The van der Waals surface area contributed by atoms with Gasteiger partial charge >= 0.3 is 0 Å². The lowest BCUT2D eigenvalue weighted by Crippen LogP contribution is -2.14. The van der Waals surface area contributed by atoms with Crippen LogP contribution in [0.2, 0.25) is 0 Å². The summed E-state index contributed by atoms with van der Waals surface area (Å²) < 4.78 is 10.6. The highest BCUT2D eigenvalue weighted by Gasteiger charge is 2.15. The average Bonchev–Trinajstić information content (AvgIpc) is 2.43. The summed E-state index contributed by atoms with van der Waals surface area (Å²) in [5.41, 5.74) is 1.47. The molecule has 0 saturated heterocycles. The number of H-pyrrole nitrogens is 1. The minimum Gasteiger partial charge on any atom is -0.478 e. The average molecular weight is 316 g/mol. The van der Waals surface area contributed by atoms with E-state index in [2.05, 4.69) is 38.4 Å². The molecule has 102 valence electrons. The van der Waals surface area contributed by atoms with E-state index >= 15 is 0 Å². The quantitative estimate of drug-likeness (QED) is 0.828. The van der Waals surface area contributed by atoms with E-state index in [1.54, 1.807) is 12.1 Å². The highest BCUT2D eigenvalue weighted by Crippen LogP contribution is 2.32. The number of pyridine rings is 1. The Labute approximate surface area is 117 Å². The van der Waals surface area contributed by atoms with E-state index in [0.717, 1.165) is 10.9 Å². The van der Waals surface area contributed by atoms with E-state index in [4.69, 9.17) is 9.05 Å². The van der Waals surface area contributed by atoms with Gasteiger partial charge in [0.1, 0.15) is 5.75 Å². The Morgan fingerprint density at radius 1 is 1.26 bits per heavy atom. The number of aromatic nitrogens is 1. The van der Waals surface area contributed by atoms with Gasteiger partial charge in [0, 0.05) is 27.5 Å². The maximum absolute atomic E-state index is 11.5. The summed E-state index contributed by atoms with van der Waals surface area (Å²) in [6, 6.07) is 7.00. The van der Waals surface area contributed by atoms with Gasteiger partial charge in [0.25, 0.3) is 0 Å². The van der Waals surface area contributed by atoms with E-state index in [0.29, 0.717) is 17.8 Å². The lowest BCUT2D eigenvalue weighted by Gasteiger charge is -2.18. The first kappa shape index (κ1) is 14.8. The predicted molar refractivity (Wildman–Crippen MR) is 86.2 cm³/mol. The first-order chi connectivity index (χ1) is 9.21. The Bertz CT molecular complexity index is 632. The smallest absolute Gasteiger partial charge is 0.248 e. The van der Waals surface area contributed by atoms with Crippen LogP contribution in [0.1, 0.15) is 11.7 Å². The maximum Gasteiger partial charge on any atom is 0.248 e. The number of hydrogen-bond acceptors (Lipinski definition) is 4. The summed E-state index contributed by atoms with van der Waals surface area (Å²) in [5, 5.41) is 3.89. The van der Waals surface area contributed by atoms with Gasteiger partial charge < -0.3 is 14.0 Å². The SMILES string of the molecule is O=c1ccc2c([C@H](CNP)OP)ccc(OP)c2[nH]1. The number of nitrogens with one attached hydrogen (secondary N) is 2. The standard InChI is InChI=1S/C11H15N2O3P3/c14-10-4-2-7-6(9(16-19)5-12-17)1-3-8(15-18)11(7)13-10/h1-4,9,12H,5,17-19H2,(H,13,14)/t9-/m0/s1. The third-order valence-corrected chi connectivity index (χ3v) is 3.65. The summed E-state index contributed by atoms with van der Waals surface area (Å²) in [4.78, 5) is 14.2. The van der Waals surface area contributed by atoms with Crippen LogP contribution >= 0.6 is 28.3 Å². The number of hydrogen-bond donors (Lipinski definition) is 2. The van der Waals surface area contributed by atoms with Crippen LogP contribution < -0.4 is 15.2 Å². The molecular weight excluding hydrogens is 301 g/mol. The van der Waals surface area contributed by atoms with E-state index in [1.807, 2.05) is 6.07 Å². The van der Waals surface area contributed by atoms with E-state index < -0.39 is 0 Å². The van der Waals surface area contributed by atoms with Crippen molar-refractivity contribution in [1.29, 1.82) is 0 Å². The number of fused-ring (bicyclic) bond motifs is 1. The van der Waals surface area contributed by atoms with Gasteiger partial charge in [-0.2, -0.15) is 0 Å². The van der Waals surface area contributed by atoms with Gasteiger partial charge in [0.2, 0.25) is 5.56 Å². The molecular formula is C11H15N2O3P3. The topological polar surface area (TPSA) is 63.4 Å². The van der Waals surface area contributed by atoms with Crippen molar-refractivity contribution in [3.8, 4) is 5.75 Å². The molecule has 8 heteroatoms. The Morgan fingerprint density at radius 3 is 2.68 bits per heavy atom. The fourth-order valence-corrected chi connectivity index (χ4v) is 2.62. The zero-order valence-corrected chi connectivity index (χ0v) is 13.5. The second-order valence-electron chi connectivity index (χ2n) is 3.92. The molecule has 0 aliphatic rings. The van der Waals surface area contributed by atoms with Gasteiger partial charge in [0.15, 0.2) is 0 Å². The highest BCUT2D eigenvalue weighted by molar-refractivity contribution is 7.13. The van der Waals surface area contributed by atoms with Crippen molar-refractivity contribution in [2.75, 3.05) is 6.54 Å². The Morgan fingerprint density at radius 2 is 2.05 bits per heavy atom. The Hall–Kier alpha value is -0.560. The first-order valence-electron chi connectivity index (χ1n) is 5.53. The number of rotatable bonds is 5. The van der Waals surface area contributed by atoms with E-state index in [-0.39, 0.29) is 11.7 Å². The molecule has 0 saturated carbocycles. The van der Waals surface area contributed by atoms with Gasteiger partial charge in [-0.25, -0.2) is 0 Å². The molecule has 0 radical (unpaired) electrons. The Kier molecular flexibility index (Phi) is 5.27. The third kappa shape index (κ3) is 3.13. The van der Waals surface area contributed by atoms with Crippen molar-refractivity contribution >= 4 is 39.2 Å². The fourth-order valence-electron chi connectivity index (χ4n) is 1.97. The molecule has 2 aromatic rings. The molecule has 1 heterocycles. The third-order valence-electron chi connectivity index (χ3n) is 2.83. The van der Waals surface area contributed by atoms with Crippen molar-refractivity contribution in [2.45, 2.75) is 6.10 Å². The normalized spacial score (nSPS) is 12.6. The molecule has 2 rings (SSSR count). The second-order valence-corrected chi connectivity index (χ2v) is 4.83. The zero-order valence-electron chi connectivity index (χ0n) is 10.1. The molecule has 0 aliphatic heterocycles. The van der Waals surface area contributed by atoms with Crippen LogP contribution in [0.15, 0.2) is 29.1 Å². The molecule has 1 aromatic carbocycles. The largest absolute Gasteiger partial charge is 0.478 e. The van der Waals surface area contributed by atoms with Gasteiger partial charge in [-0.15, -0.1) is 0 Å². The minimum absolute atomic E-state index is 0.144. The van der Waals surface area contributed by atoms with Crippen molar-refractivity contribution in [3.63, 3.8) is 0 Å². The van der Waals surface area contributed by atoms with Crippen LogP contribution in [-0.4, -0.2) is 11.5 Å². The fraction of sp³-hybridized carbons (Fsp3) is 0.182. The summed E-state index contributed by atoms with van der Waals surface area (Å²) in [6.07, 6.45) is -0.144. The summed E-state index contributed by atoms with van der Waals surface area (Å²) in [7, 11) is 6.89. The van der Waals surface area contributed by atoms with Crippen molar-refractivity contribution < 1.29 is 9.05 Å². The molecule has 0 aliphatic carbocycles. The summed E-state index contributed by atoms with van der Waals surface area (Å²) in [6.45, 7) is 0.628. The van der Waals surface area contributed by atoms with Gasteiger partial charge in [-0.3, -0.25) is 9.88 Å². The van der Waals surface area contributed by atoms with E-state index in [9.17, 15) is 4.79 Å². The summed E-state index contributed by atoms with van der Waals surface area (Å²) in [5.74, 6) is 0.600. The molecule has 2 N–H and O–H groups in total. The molecule has 5 nitrogen and oxygen atoms in total. The van der Waals surface area contributed by atoms with Crippen molar-refractivity contribution in [3.05, 3.63) is 40.2 Å². The van der Waals surface area contributed by atoms with Crippen molar-refractivity contribution in [2.24, 2.45) is 0 Å². The lowest BCUT2D eigenvalue weighted by atomic mass is 10.0. The van der Waals surface area contributed by atoms with Crippen LogP contribution in [0.25, 0.3) is 10.9 Å². The van der Waals surface area contributed by atoms with Crippen LogP contribution in [0.4, 0.5) is 0 Å². The first-order valence-corrected chi connectivity index (χ1v) is 7.05. The number of aromatic amines is 1. The Balaban J connectivity index is 2.66. The minimum atomic E-state index is -0.166. The van der Waals surface area contributed by atoms with Gasteiger partial charge in [-0.05, 0) is 17.7 Å². The molecule has 0 spiro atoms. The molecule has 19 heavy (non-hydrogen) atoms. The molecule has 1 aromatic heterocycles.